The van der Waals surface area contributed by atoms with E-state index in [0.29, 0.717) is 24.0 Å². The van der Waals surface area contributed by atoms with Gasteiger partial charge in [-0.25, -0.2) is 16.8 Å². The van der Waals surface area contributed by atoms with Gasteiger partial charge in [0.05, 0.1) is 9.79 Å². The van der Waals surface area contributed by atoms with Crippen LogP contribution in [0.3, 0.4) is 0 Å². The molecule has 0 saturated carbocycles. The molecule has 0 radical (unpaired) electrons. The van der Waals surface area contributed by atoms with Crippen LogP contribution in [0.15, 0.2) is 58.3 Å². The minimum absolute atomic E-state index is 0. The van der Waals surface area contributed by atoms with E-state index in [1.807, 2.05) is 12.1 Å². The second-order valence-corrected chi connectivity index (χ2v) is 31.7. The molecule has 2 aromatic carbocycles. The fourth-order valence-electron chi connectivity index (χ4n) is 14.0. The van der Waals surface area contributed by atoms with Crippen molar-refractivity contribution in [1.82, 2.24) is 0 Å². The van der Waals surface area contributed by atoms with Gasteiger partial charge in [0, 0.05) is 0 Å². The van der Waals surface area contributed by atoms with Crippen LogP contribution in [0.1, 0.15) is 462 Å². The van der Waals surface area contributed by atoms with Crippen LogP contribution in [-0.2, 0) is 33.1 Å². The first kappa shape index (κ1) is 92.0. The SMILES string of the molecule is CCCCCCCCCCCCCCCCCCCCCCCCCCCCCCCCCCCCc1ccccc1S(=O)(=O)[O-].CCCCCCCCCCCCCCCCCCCCCCCCCCCCCCCCCCCCc1ccccc1S(=O)(=O)[O-].[Mg+2]. The van der Waals surface area contributed by atoms with Gasteiger partial charge in [0.1, 0.15) is 20.2 Å². The molecule has 0 aliphatic rings. The van der Waals surface area contributed by atoms with Gasteiger partial charge >= 0.3 is 23.1 Å². The van der Waals surface area contributed by atoms with E-state index in [0.717, 1.165) is 25.7 Å². The first-order valence-corrected chi connectivity index (χ1v) is 44.0. The van der Waals surface area contributed by atoms with Crippen molar-refractivity contribution in [3.8, 4) is 0 Å². The zero-order chi connectivity index (χ0) is 66.5. The molecule has 0 N–H and O–H groups in total. The van der Waals surface area contributed by atoms with Gasteiger partial charge in [-0.05, 0) is 48.9 Å². The quantitative estimate of drug-likeness (QED) is 0.0370. The van der Waals surface area contributed by atoms with Crippen molar-refractivity contribution >= 4 is 43.3 Å². The summed E-state index contributed by atoms with van der Waals surface area (Å²) in [6.07, 6.45) is 96.8. The number of hydrogen-bond acceptors (Lipinski definition) is 6. The van der Waals surface area contributed by atoms with Crippen molar-refractivity contribution in [1.29, 1.82) is 0 Å². The molecular weight excluding hydrogens is 1190 g/mol. The maximum atomic E-state index is 11.4. The molecule has 6 nitrogen and oxygen atoms in total. The summed E-state index contributed by atoms with van der Waals surface area (Å²) >= 11 is 0. The van der Waals surface area contributed by atoms with Crippen LogP contribution in [0.25, 0.3) is 0 Å². The Bertz CT molecular complexity index is 1880. The van der Waals surface area contributed by atoms with Crippen molar-refractivity contribution in [3.63, 3.8) is 0 Å². The third-order valence-electron chi connectivity index (χ3n) is 20.1. The maximum absolute atomic E-state index is 11.4. The number of benzene rings is 2. The van der Waals surface area contributed by atoms with Crippen LogP contribution < -0.4 is 0 Å². The van der Waals surface area contributed by atoms with Gasteiger partial charge in [-0.2, -0.15) is 0 Å². The Balaban J connectivity index is 0.00000180. The molecule has 0 amide bonds. The van der Waals surface area contributed by atoms with Crippen LogP contribution in [0.2, 0.25) is 0 Å². The Hall–Kier alpha value is -0.974. The Morgan fingerprint density at radius 2 is 0.323 bits per heavy atom. The predicted octanol–water partition coefficient (Wildman–Crippen LogP) is 28.5. The number of unbranched alkanes of at least 4 members (excludes halogenated alkanes) is 66. The van der Waals surface area contributed by atoms with E-state index in [1.54, 1.807) is 24.3 Å². The van der Waals surface area contributed by atoms with Gasteiger partial charge in [0.15, 0.2) is 0 Å². The minimum Gasteiger partial charge on any atom is -0.744 e. The molecule has 0 heterocycles. The summed E-state index contributed by atoms with van der Waals surface area (Å²) in [7, 11) is -8.73. The molecule has 0 aromatic heterocycles. The molecule has 93 heavy (non-hydrogen) atoms. The molecule has 0 bridgehead atoms. The van der Waals surface area contributed by atoms with Crippen LogP contribution in [0, 0.1) is 0 Å². The van der Waals surface area contributed by atoms with Crippen LogP contribution in [0.4, 0.5) is 0 Å². The van der Waals surface area contributed by atoms with Crippen molar-refractivity contribution in [2.24, 2.45) is 0 Å². The smallest absolute Gasteiger partial charge is 0.744 e. The average molecular weight is 1350 g/mol. The summed E-state index contributed by atoms with van der Waals surface area (Å²) < 4.78 is 68.3. The van der Waals surface area contributed by atoms with E-state index in [1.165, 1.54) is 423 Å². The van der Waals surface area contributed by atoms with Crippen LogP contribution in [-0.4, -0.2) is 49.0 Å². The molecule has 2 aromatic rings. The van der Waals surface area contributed by atoms with Gasteiger partial charge in [-0.3, -0.25) is 0 Å². The molecular formula is C84H154MgO6S2. The van der Waals surface area contributed by atoms with Gasteiger partial charge in [-0.15, -0.1) is 0 Å². The molecule has 0 aliphatic carbocycles. The minimum atomic E-state index is -4.37. The topological polar surface area (TPSA) is 114 Å². The monoisotopic (exact) mass is 1350 g/mol. The van der Waals surface area contributed by atoms with E-state index in [9.17, 15) is 25.9 Å². The molecule has 0 atom stereocenters. The second-order valence-electron chi connectivity index (χ2n) is 29.0. The molecule has 540 valence electrons. The van der Waals surface area contributed by atoms with E-state index in [4.69, 9.17) is 0 Å². The van der Waals surface area contributed by atoms with Crippen molar-refractivity contribution in [3.05, 3.63) is 59.7 Å². The normalized spacial score (nSPS) is 11.7. The number of aryl methyl sites for hydroxylation is 2. The molecule has 9 heteroatoms. The molecule has 0 fully saturated rings. The first-order valence-electron chi connectivity index (χ1n) is 41.2. The zero-order valence-electron chi connectivity index (χ0n) is 62.1. The van der Waals surface area contributed by atoms with Gasteiger partial charge < -0.3 is 9.11 Å². The molecule has 0 spiro atoms. The Morgan fingerprint density at radius 3 is 0.452 bits per heavy atom. The summed E-state index contributed by atoms with van der Waals surface area (Å²) in [6.45, 7) is 4.60. The Morgan fingerprint density at radius 1 is 0.204 bits per heavy atom. The molecule has 2 rings (SSSR count). The fraction of sp³-hybridized carbons (Fsp3) is 0.857. The largest absolute Gasteiger partial charge is 2.00 e. The van der Waals surface area contributed by atoms with E-state index >= 15 is 0 Å². The molecule has 0 saturated heterocycles. The first-order chi connectivity index (χ1) is 45.1. The van der Waals surface area contributed by atoms with Crippen molar-refractivity contribution < 1.29 is 25.9 Å². The summed E-state index contributed by atoms with van der Waals surface area (Å²) in [5.74, 6) is 0. The van der Waals surface area contributed by atoms with Crippen LogP contribution in [0.5, 0.6) is 0 Å². The summed E-state index contributed by atoms with van der Waals surface area (Å²) in [5, 5.41) is 0. The Labute approximate surface area is 597 Å². The van der Waals surface area contributed by atoms with E-state index in [-0.39, 0.29) is 32.8 Å². The van der Waals surface area contributed by atoms with Crippen molar-refractivity contribution in [2.45, 2.75) is 473 Å². The molecule has 0 unspecified atom stereocenters. The van der Waals surface area contributed by atoms with E-state index < -0.39 is 20.2 Å². The number of hydrogen-bond donors (Lipinski definition) is 0. The van der Waals surface area contributed by atoms with Crippen molar-refractivity contribution in [2.75, 3.05) is 0 Å². The predicted molar refractivity (Wildman–Crippen MR) is 407 cm³/mol. The summed E-state index contributed by atoms with van der Waals surface area (Å²) in [6, 6.07) is 13.3. The summed E-state index contributed by atoms with van der Waals surface area (Å²) in [5.41, 5.74) is 1.35. The second kappa shape index (κ2) is 72.3. The van der Waals surface area contributed by atoms with Gasteiger partial charge in [-0.1, -0.05) is 474 Å². The molecule has 0 aliphatic heterocycles. The standard InChI is InChI=1S/2C42H78O3S.Mg/c2*1-2-3-4-5-6-7-8-9-10-11-12-13-14-15-16-17-18-19-20-21-22-23-24-25-26-27-28-29-30-31-32-33-34-35-38-41-39-36-37-40-42(41)46(43,44)45;/h2*36-37,39-40H,2-35,38H2,1H3,(H,43,44,45);/q;;+2/p-2. The fourth-order valence-corrected chi connectivity index (χ4v) is 15.5. The van der Waals surface area contributed by atoms with Gasteiger partial charge in [0.25, 0.3) is 0 Å². The number of rotatable bonds is 72. The third kappa shape index (κ3) is 65.4. The zero-order valence-corrected chi connectivity index (χ0v) is 65.1. The van der Waals surface area contributed by atoms with Crippen LogP contribution >= 0.6 is 0 Å². The van der Waals surface area contributed by atoms with E-state index in [2.05, 4.69) is 13.8 Å². The Kier molecular flexibility index (Phi) is 71.5. The third-order valence-corrected chi connectivity index (χ3v) is 22.0. The summed E-state index contributed by atoms with van der Waals surface area (Å²) in [4.78, 5) is -0.0814. The van der Waals surface area contributed by atoms with Gasteiger partial charge in [0.2, 0.25) is 0 Å². The maximum Gasteiger partial charge on any atom is 2.00 e. The average Bonchev–Trinajstić information content (AvgIpc) is 1.27.